The minimum atomic E-state index is -3.59. The first kappa shape index (κ1) is 13.6. The van der Waals surface area contributed by atoms with Gasteiger partial charge < -0.3 is 5.11 Å². The molecule has 2 fully saturated rings. The number of aryl methyl sites for hydroxylation is 1. The van der Waals surface area contributed by atoms with Crippen molar-refractivity contribution in [3.8, 4) is 0 Å². The second-order valence-electron chi connectivity index (χ2n) is 5.63. The maximum Gasteiger partial charge on any atom is 0.308 e. The van der Waals surface area contributed by atoms with E-state index < -0.39 is 21.9 Å². The van der Waals surface area contributed by atoms with Crippen molar-refractivity contribution >= 4 is 16.0 Å². The zero-order valence-electron chi connectivity index (χ0n) is 11.2. The molecule has 2 bridgehead atoms. The Hall–Kier alpha value is -1.40. The Kier molecular flexibility index (Phi) is 3.10. The lowest BCUT2D eigenvalue weighted by atomic mass is 9.89. The number of carboxylic acids is 1. The summed E-state index contributed by atoms with van der Waals surface area (Å²) in [5.41, 5.74) is 0.997. The molecular weight excluding hydrogens is 278 g/mol. The lowest BCUT2D eigenvalue weighted by Crippen LogP contribution is -2.37. The van der Waals surface area contributed by atoms with Gasteiger partial charge in [-0.3, -0.25) is 4.79 Å². The van der Waals surface area contributed by atoms with Gasteiger partial charge in [0.2, 0.25) is 10.0 Å². The van der Waals surface area contributed by atoms with E-state index in [9.17, 15) is 18.3 Å². The van der Waals surface area contributed by atoms with Gasteiger partial charge in [-0.1, -0.05) is 17.7 Å². The normalized spacial score (nSPS) is 29.8. The van der Waals surface area contributed by atoms with E-state index in [1.165, 1.54) is 4.31 Å². The van der Waals surface area contributed by atoms with E-state index >= 15 is 0 Å². The number of carboxylic acid groups (broad SMARTS) is 1. The highest BCUT2D eigenvalue weighted by molar-refractivity contribution is 7.89. The van der Waals surface area contributed by atoms with E-state index in [1.54, 1.807) is 24.3 Å². The fourth-order valence-electron chi connectivity index (χ4n) is 3.41. The molecule has 2 heterocycles. The Balaban J connectivity index is 1.97. The minimum absolute atomic E-state index is 0.160. The van der Waals surface area contributed by atoms with Crippen molar-refractivity contribution in [2.24, 2.45) is 5.92 Å². The molecule has 0 saturated carbocycles. The van der Waals surface area contributed by atoms with Gasteiger partial charge >= 0.3 is 5.97 Å². The minimum Gasteiger partial charge on any atom is -0.481 e. The molecule has 1 N–H and O–H groups in total. The topological polar surface area (TPSA) is 74.7 Å². The van der Waals surface area contributed by atoms with E-state index in [0.717, 1.165) is 12.0 Å². The fraction of sp³-hybridized carbons (Fsp3) is 0.500. The average Bonchev–Trinajstić information content (AvgIpc) is 2.97. The molecule has 2 aliphatic heterocycles. The lowest BCUT2D eigenvalue weighted by molar-refractivity contribution is -0.142. The van der Waals surface area contributed by atoms with Crippen LogP contribution in [0.3, 0.4) is 0 Å². The summed E-state index contributed by atoms with van der Waals surface area (Å²) in [6.07, 6.45) is 1.84. The summed E-state index contributed by atoms with van der Waals surface area (Å²) in [5.74, 6) is -1.45. The van der Waals surface area contributed by atoms with Gasteiger partial charge in [-0.15, -0.1) is 0 Å². The molecule has 0 aliphatic carbocycles. The molecule has 2 aliphatic rings. The van der Waals surface area contributed by atoms with Crippen LogP contribution in [-0.2, 0) is 14.8 Å². The van der Waals surface area contributed by atoms with Crippen LogP contribution in [-0.4, -0.2) is 35.9 Å². The number of rotatable bonds is 3. The van der Waals surface area contributed by atoms with Crippen LogP contribution in [0.2, 0.25) is 0 Å². The lowest BCUT2D eigenvalue weighted by Gasteiger charge is -2.22. The van der Waals surface area contributed by atoms with Crippen molar-refractivity contribution in [1.82, 2.24) is 4.31 Å². The quantitative estimate of drug-likeness (QED) is 0.919. The van der Waals surface area contributed by atoms with Gasteiger partial charge in [0.05, 0.1) is 10.8 Å². The van der Waals surface area contributed by atoms with Crippen LogP contribution in [0, 0.1) is 12.8 Å². The number of sulfonamides is 1. The largest absolute Gasteiger partial charge is 0.481 e. The summed E-state index contributed by atoms with van der Waals surface area (Å²) in [5, 5.41) is 9.20. The van der Waals surface area contributed by atoms with Gasteiger partial charge in [0.25, 0.3) is 0 Å². The van der Waals surface area contributed by atoms with Crippen LogP contribution >= 0.6 is 0 Å². The van der Waals surface area contributed by atoms with Crippen LogP contribution in [0.4, 0.5) is 0 Å². The van der Waals surface area contributed by atoms with Crippen LogP contribution in [0.15, 0.2) is 29.2 Å². The average molecular weight is 295 g/mol. The van der Waals surface area contributed by atoms with Gasteiger partial charge in [0.1, 0.15) is 0 Å². The summed E-state index contributed by atoms with van der Waals surface area (Å²) in [7, 11) is -3.59. The van der Waals surface area contributed by atoms with Crippen molar-refractivity contribution in [3.05, 3.63) is 29.8 Å². The molecule has 1 aromatic carbocycles. The molecule has 0 aromatic heterocycles. The second-order valence-corrected chi connectivity index (χ2v) is 7.47. The summed E-state index contributed by atoms with van der Waals surface area (Å²) in [6.45, 7) is 1.90. The van der Waals surface area contributed by atoms with Crippen molar-refractivity contribution in [2.75, 3.05) is 0 Å². The van der Waals surface area contributed by atoms with Gasteiger partial charge in [-0.2, -0.15) is 4.31 Å². The molecular formula is C14H17NO4S. The molecule has 108 valence electrons. The third-order valence-electron chi connectivity index (χ3n) is 4.39. The second kappa shape index (κ2) is 4.56. The van der Waals surface area contributed by atoms with Crippen LogP contribution in [0.1, 0.15) is 24.8 Å². The number of benzene rings is 1. The standard InChI is InChI=1S/C14H17NO4S/c1-9-2-5-11(6-3-9)20(18,19)15-10-4-7-13(15)12(8-10)14(16)17/h2-3,5-6,10,12-13H,4,7-8H2,1H3,(H,16,17)/t10-,12-,13+/m0/s1. The highest BCUT2D eigenvalue weighted by atomic mass is 32.2. The summed E-state index contributed by atoms with van der Waals surface area (Å²) in [4.78, 5) is 11.5. The number of hydrogen-bond acceptors (Lipinski definition) is 3. The van der Waals surface area contributed by atoms with E-state index in [2.05, 4.69) is 0 Å². The van der Waals surface area contributed by atoms with E-state index in [1.807, 2.05) is 6.92 Å². The molecule has 0 unspecified atom stereocenters. The van der Waals surface area contributed by atoms with Gasteiger partial charge in [0.15, 0.2) is 0 Å². The fourth-order valence-corrected chi connectivity index (χ4v) is 5.33. The molecule has 20 heavy (non-hydrogen) atoms. The zero-order chi connectivity index (χ0) is 14.5. The Morgan fingerprint density at radius 1 is 1.25 bits per heavy atom. The van der Waals surface area contributed by atoms with Crippen LogP contribution in [0.25, 0.3) is 0 Å². The van der Waals surface area contributed by atoms with E-state index in [4.69, 9.17) is 0 Å². The highest BCUT2D eigenvalue weighted by Crippen LogP contribution is 2.44. The molecule has 2 saturated heterocycles. The van der Waals surface area contributed by atoms with Crippen molar-refractivity contribution in [3.63, 3.8) is 0 Å². The molecule has 0 spiro atoms. The third-order valence-corrected chi connectivity index (χ3v) is 6.38. The zero-order valence-corrected chi connectivity index (χ0v) is 12.0. The van der Waals surface area contributed by atoms with E-state index in [0.29, 0.717) is 12.8 Å². The highest BCUT2D eigenvalue weighted by Gasteiger charge is 2.54. The van der Waals surface area contributed by atoms with Crippen molar-refractivity contribution in [2.45, 2.75) is 43.2 Å². The third kappa shape index (κ3) is 1.94. The van der Waals surface area contributed by atoms with Crippen LogP contribution in [0.5, 0.6) is 0 Å². The predicted octanol–water partition coefficient (Wildman–Crippen LogP) is 1.62. The van der Waals surface area contributed by atoms with Crippen LogP contribution < -0.4 is 0 Å². The number of hydrogen-bond donors (Lipinski definition) is 1. The molecule has 3 atom stereocenters. The van der Waals surface area contributed by atoms with Gasteiger partial charge in [0, 0.05) is 12.1 Å². The predicted molar refractivity (Wildman–Crippen MR) is 72.8 cm³/mol. The van der Waals surface area contributed by atoms with E-state index in [-0.39, 0.29) is 17.0 Å². The summed E-state index contributed by atoms with van der Waals surface area (Å²) >= 11 is 0. The Morgan fingerprint density at radius 2 is 1.90 bits per heavy atom. The molecule has 0 radical (unpaired) electrons. The smallest absolute Gasteiger partial charge is 0.308 e. The summed E-state index contributed by atoms with van der Waals surface area (Å²) in [6, 6.07) is 6.17. The number of nitrogens with zero attached hydrogens (tertiary/aromatic N) is 1. The first-order chi connectivity index (χ1) is 9.41. The monoisotopic (exact) mass is 295 g/mol. The maximum atomic E-state index is 12.7. The summed E-state index contributed by atoms with van der Waals surface area (Å²) < 4.78 is 26.9. The molecule has 6 heteroatoms. The number of fused-ring (bicyclic) bond motifs is 2. The Labute approximate surface area is 118 Å². The van der Waals surface area contributed by atoms with Crippen molar-refractivity contribution < 1.29 is 18.3 Å². The Bertz CT molecular complexity index is 638. The molecule has 3 rings (SSSR count). The number of carbonyl (C=O) groups is 1. The first-order valence-corrected chi connectivity index (χ1v) is 8.18. The van der Waals surface area contributed by atoms with Gasteiger partial charge in [-0.25, -0.2) is 8.42 Å². The van der Waals surface area contributed by atoms with Gasteiger partial charge in [-0.05, 0) is 38.3 Å². The molecule has 0 amide bonds. The molecule has 1 aromatic rings. The van der Waals surface area contributed by atoms with Crippen molar-refractivity contribution in [1.29, 1.82) is 0 Å². The SMILES string of the molecule is Cc1ccc(S(=O)(=O)N2[C@H]3CC[C@@H]2[C@@H](C(=O)O)C3)cc1. The maximum absolute atomic E-state index is 12.7. The molecule has 5 nitrogen and oxygen atoms in total. The number of aliphatic carboxylic acids is 1. The Morgan fingerprint density at radius 3 is 2.45 bits per heavy atom. The first-order valence-electron chi connectivity index (χ1n) is 6.74.